The van der Waals surface area contributed by atoms with Crippen LogP contribution >= 0.6 is 11.8 Å². The quantitative estimate of drug-likeness (QED) is 0.260. The van der Waals surface area contributed by atoms with Gasteiger partial charge in [0.25, 0.3) is 0 Å². The van der Waals surface area contributed by atoms with E-state index in [-0.39, 0.29) is 0 Å². The molecule has 0 unspecified atom stereocenters. The topological polar surface area (TPSA) is 59.6 Å². The van der Waals surface area contributed by atoms with Crippen LogP contribution in [0.2, 0.25) is 0 Å². The van der Waals surface area contributed by atoms with Crippen LogP contribution in [0.15, 0.2) is 36.5 Å². The van der Waals surface area contributed by atoms with E-state index in [9.17, 15) is 0 Å². The monoisotopic (exact) mass is 333 g/mol. The fraction of sp³-hybridized carbons (Fsp3) is 0.389. The first-order chi connectivity index (χ1) is 10.9. The summed E-state index contributed by atoms with van der Waals surface area (Å²) in [6.45, 7) is 17.5. The Morgan fingerprint density at radius 3 is 2.48 bits per heavy atom. The predicted octanol–water partition coefficient (Wildman–Crippen LogP) is 4.05. The van der Waals surface area contributed by atoms with E-state index in [1.807, 2.05) is 13.8 Å². The fourth-order valence-corrected chi connectivity index (χ4v) is 2.73. The molecule has 0 heterocycles. The average molecular weight is 334 g/mol. The van der Waals surface area contributed by atoms with Crippen molar-refractivity contribution in [1.29, 1.82) is 0 Å². The molecule has 0 radical (unpaired) electrons. The Labute approximate surface area is 143 Å². The molecule has 23 heavy (non-hydrogen) atoms. The van der Waals surface area contributed by atoms with E-state index in [2.05, 4.69) is 49.6 Å². The zero-order valence-electron chi connectivity index (χ0n) is 14.5. The summed E-state index contributed by atoms with van der Waals surface area (Å²) in [6, 6.07) is 4.13. The number of nitrogens with zero attached hydrogens (tertiary/aromatic N) is 1. The third kappa shape index (κ3) is 6.02. The van der Waals surface area contributed by atoms with Gasteiger partial charge in [-0.1, -0.05) is 44.8 Å². The minimum Gasteiger partial charge on any atom is -0.489 e. The largest absolute Gasteiger partial charge is 0.489 e. The maximum absolute atomic E-state index is 5.71. The summed E-state index contributed by atoms with van der Waals surface area (Å²) in [4.78, 5) is 0.895. The van der Waals surface area contributed by atoms with Crippen LogP contribution in [0.1, 0.15) is 30.5 Å². The molecule has 1 aromatic rings. The van der Waals surface area contributed by atoms with Crippen molar-refractivity contribution in [3.05, 3.63) is 48.1 Å². The molecule has 0 aromatic heterocycles. The number of nitrogens with two attached hydrogens (primary N) is 1. The number of hydrogen-bond donors (Lipinski definition) is 2. The molecule has 3 N–H and O–H groups in total. The Hall–Kier alpha value is -1.88. The van der Waals surface area contributed by atoms with Crippen molar-refractivity contribution in [2.75, 3.05) is 13.2 Å². The molecule has 4 nitrogen and oxygen atoms in total. The van der Waals surface area contributed by atoms with Crippen LogP contribution in [0.4, 0.5) is 0 Å². The van der Waals surface area contributed by atoms with Gasteiger partial charge in [-0.2, -0.15) is 5.10 Å². The highest BCUT2D eigenvalue weighted by Gasteiger charge is 2.11. The van der Waals surface area contributed by atoms with Crippen molar-refractivity contribution < 1.29 is 4.74 Å². The Balaban J connectivity index is 2.85. The standard InChI is InChI=1S/C18H27N3OS/c1-7-8-22-17-13(4)9-16(10-14(17)5)15(6)23-18(21-19)20-11-12(2)3/h7,9-10,12H,1,6,8,11,19H2,2-5H3,(H,20,21). The SMILES string of the molecule is C=CCOc1c(C)cc(C(=C)S/C(=N\N)NCC(C)C)cc1C. The van der Waals surface area contributed by atoms with Crippen LogP contribution < -0.4 is 15.9 Å². The number of thioether (sulfide) groups is 1. The van der Waals surface area contributed by atoms with Crippen molar-refractivity contribution in [3.8, 4) is 5.75 Å². The second-order valence-electron chi connectivity index (χ2n) is 5.77. The zero-order valence-corrected chi connectivity index (χ0v) is 15.3. The van der Waals surface area contributed by atoms with E-state index in [1.54, 1.807) is 6.08 Å². The Morgan fingerprint density at radius 1 is 1.39 bits per heavy atom. The molecule has 0 spiro atoms. The molecular formula is C18H27N3OS. The van der Waals surface area contributed by atoms with E-state index < -0.39 is 0 Å². The van der Waals surface area contributed by atoms with Gasteiger partial charge in [0.2, 0.25) is 0 Å². The van der Waals surface area contributed by atoms with Crippen LogP contribution in [-0.4, -0.2) is 18.3 Å². The lowest BCUT2D eigenvalue weighted by molar-refractivity contribution is 0.358. The minimum absolute atomic E-state index is 0.500. The van der Waals surface area contributed by atoms with Crippen molar-refractivity contribution in [3.63, 3.8) is 0 Å². The molecule has 0 aliphatic rings. The molecule has 1 rings (SSSR count). The van der Waals surface area contributed by atoms with Crippen LogP contribution in [0.5, 0.6) is 5.75 Å². The molecule has 0 saturated heterocycles. The number of hydrogen-bond acceptors (Lipinski definition) is 4. The lowest BCUT2D eigenvalue weighted by atomic mass is 10.1. The molecule has 1 aromatic carbocycles. The van der Waals surface area contributed by atoms with Crippen molar-refractivity contribution in [1.82, 2.24) is 5.32 Å². The van der Waals surface area contributed by atoms with Gasteiger partial charge in [0, 0.05) is 11.4 Å². The highest BCUT2D eigenvalue weighted by molar-refractivity contribution is 8.21. The lowest BCUT2D eigenvalue weighted by Crippen LogP contribution is -2.26. The highest BCUT2D eigenvalue weighted by Crippen LogP contribution is 2.32. The number of benzene rings is 1. The zero-order chi connectivity index (χ0) is 17.4. The first-order valence-corrected chi connectivity index (χ1v) is 8.44. The highest BCUT2D eigenvalue weighted by atomic mass is 32.2. The van der Waals surface area contributed by atoms with Gasteiger partial charge in [-0.05, 0) is 48.6 Å². The smallest absolute Gasteiger partial charge is 0.184 e. The summed E-state index contributed by atoms with van der Waals surface area (Å²) in [5, 5.41) is 7.70. The molecule has 0 amide bonds. The van der Waals surface area contributed by atoms with Crippen molar-refractivity contribution in [2.45, 2.75) is 27.7 Å². The minimum atomic E-state index is 0.500. The van der Waals surface area contributed by atoms with Gasteiger partial charge in [0.1, 0.15) is 12.4 Å². The summed E-state index contributed by atoms with van der Waals surface area (Å²) in [5.74, 6) is 6.88. The van der Waals surface area contributed by atoms with Gasteiger partial charge in [-0.15, -0.1) is 0 Å². The van der Waals surface area contributed by atoms with E-state index in [1.165, 1.54) is 11.8 Å². The summed E-state index contributed by atoms with van der Waals surface area (Å²) < 4.78 is 5.71. The first kappa shape index (κ1) is 19.2. The lowest BCUT2D eigenvalue weighted by Gasteiger charge is -2.15. The number of aryl methyl sites for hydroxylation is 2. The van der Waals surface area contributed by atoms with Gasteiger partial charge in [-0.3, -0.25) is 0 Å². The first-order valence-electron chi connectivity index (χ1n) is 7.62. The third-order valence-electron chi connectivity index (χ3n) is 3.13. The fourth-order valence-electron chi connectivity index (χ4n) is 2.06. The summed E-state index contributed by atoms with van der Waals surface area (Å²) in [6.07, 6.45) is 1.74. The molecule has 0 aliphatic carbocycles. The second kappa shape index (κ2) is 9.30. The van der Waals surface area contributed by atoms with Gasteiger partial charge in [0.05, 0.1) is 0 Å². The summed E-state index contributed by atoms with van der Waals surface area (Å²) in [5.41, 5.74) is 3.19. The van der Waals surface area contributed by atoms with Crippen LogP contribution in [-0.2, 0) is 0 Å². The number of nitrogens with one attached hydrogen (secondary N) is 1. The van der Waals surface area contributed by atoms with Crippen LogP contribution in [0, 0.1) is 19.8 Å². The third-order valence-corrected chi connectivity index (χ3v) is 4.05. The van der Waals surface area contributed by atoms with Crippen molar-refractivity contribution >= 4 is 21.8 Å². The van der Waals surface area contributed by atoms with E-state index in [0.29, 0.717) is 17.7 Å². The van der Waals surface area contributed by atoms with E-state index in [0.717, 1.165) is 33.9 Å². The Morgan fingerprint density at radius 2 is 2.00 bits per heavy atom. The molecule has 0 aliphatic heterocycles. The summed E-state index contributed by atoms with van der Waals surface area (Å²) in [7, 11) is 0. The van der Waals surface area contributed by atoms with Gasteiger partial charge >= 0.3 is 0 Å². The number of hydrazone groups is 1. The summed E-state index contributed by atoms with van der Waals surface area (Å²) >= 11 is 1.44. The molecule has 0 atom stereocenters. The molecule has 5 heteroatoms. The maximum Gasteiger partial charge on any atom is 0.184 e. The van der Waals surface area contributed by atoms with E-state index >= 15 is 0 Å². The second-order valence-corrected chi connectivity index (χ2v) is 6.86. The Kier molecular flexibility index (Phi) is 7.75. The van der Waals surface area contributed by atoms with Gasteiger partial charge < -0.3 is 15.9 Å². The molecule has 0 fully saturated rings. The maximum atomic E-state index is 5.71. The van der Waals surface area contributed by atoms with Crippen LogP contribution in [0.3, 0.4) is 0 Å². The van der Waals surface area contributed by atoms with E-state index in [4.69, 9.17) is 10.6 Å². The van der Waals surface area contributed by atoms with Crippen LogP contribution in [0.25, 0.3) is 4.91 Å². The Bertz CT molecular complexity index is 571. The predicted molar refractivity (Wildman–Crippen MR) is 103 cm³/mol. The molecular weight excluding hydrogens is 306 g/mol. The van der Waals surface area contributed by atoms with Gasteiger partial charge in [0.15, 0.2) is 5.17 Å². The number of ether oxygens (including phenoxy) is 1. The number of rotatable bonds is 7. The normalized spacial score (nSPS) is 11.4. The average Bonchev–Trinajstić information content (AvgIpc) is 2.50. The number of amidine groups is 1. The molecule has 0 saturated carbocycles. The van der Waals surface area contributed by atoms with Gasteiger partial charge in [-0.25, -0.2) is 0 Å². The molecule has 0 bridgehead atoms. The van der Waals surface area contributed by atoms with Crippen molar-refractivity contribution in [2.24, 2.45) is 16.9 Å². The molecule has 126 valence electrons.